The minimum absolute atomic E-state index is 0.120. The molecule has 3 rings (SSSR count). The summed E-state index contributed by atoms with van der Waals surface area (Å²) < 4.78 is 32.5. The summed E-state index contributed by atoms with van der Waals surface area (Å²) in [5, 5.41) is 2.85. The maximum Gasteiger partial charge on any atom is 0.339 e. The molecule has 0 aliphatic carbocycles. The number of nitrogens with zero attached hydrogens (tertiary/aromatic N) is 3. The summed E-state index contributed by atoms with van der Waals surface area (Å²) in [4.78, 5) is 31.6. The number of esters is 1. The lowest BCUT2D eigenvalue weighted by atomic mass is 10.1. The minimum Gasteiger partial charge on any atom is -0.462 e. The molecule has 1 aliphatic rings. The smallest absolute Gasteiger partial charge is 0.339 e. The highest BCUT2D eigenvalue weighted by atomic mass is 32.2. The summed E-state index contributed by atoms with van der Waals surface area (Å²) in [6.45, 7) is 9.53. The van der Waals surface area contributed by atoms with Gasteiger partial charge in [0, 0.05) is 26.2 Å². The molecule has 0 spiro atoms. The number of pyridine rings is 1. The van der Waals surface area contributed by atoms with Crippen molar-refractivity contribution in [3.05, 3.63) is 47.3 Å². The molecule has 1 fully saturated rings. The van der Waals surface area contributed by atoms with Crippen LogP contribution in [0.3, 0.4) is 0 Å². The van der Waals surface area contributed by atoms with Gasteiger partial charge in [-0.15, -0.1) is 0 Å². The lowest BCUT2D eigenvalue weighted by molar-refractivity contribution is 0.0524. The molecular weight excluding hydrogens is 456 g/mol. The quantitative estimate of drug-likeness (QED) is 0.539. The van der Waals surface area contributed by atoms with Gasteiger partial charge in [0.15, 0.2) is 0 Å². The van der Waals surface area contributed by atoms with E-state index in [4.69, 9.17) is 4.74 Å². The van der Waals surface area contributed by atoms with Crippen LogP contribution in [0.4, 0.5) is 11.4 Å². The van der Waals surface area contributed by atoms with Crippen LogP contribution < -0.4 is 10.2 Å². The molecule has 2 heterocycles. The van der Waals surface area contributed by atoms with Crippen molar-refractivity contribution < 1.29 is 22.7 Å². The van der Waals surface area contributed by atoms with Crippen LogP contribution in [0, 0.1) is 6.92 Å². The summed E-state index contributed by atoms with van der Waals surface area (Å²) in [5.41, 5.74) is 1.97. The third-order valence-corrected chi connectivity index (χ3v) is 7.87. The molecule has 1 N–H and O–H groups in total. The van der Waals surface area contributed by atoms with Gasteiger partial charge in [-0.3, -0.25) is 4.79 Å². The second-order valence-corrected chi connectivity index (χ2v) is 9.90. The van der Waals surface area contributed by atoms with Gasteiger partial charge in [0.1, 0.15) is 5.69 Å². The molecule has 1 aromatic carbocycles. The second kappa shape index (κ2) is 11.0. The normalized spacial score (nSPS) is 13.9. The Morgan fingerprint density at radius 2 is 1.76 bits per heavy atom. The zero-order valence-electron chi connectivity index (χ0n) is 20.1. The Hall–Kier alpha value is -2.98. The molecule has 0 radical (unpaired) electrons. The van der Waals surface area contributed by atoms with Crippen LogP contribution in [0.25, 0.3) is 0 Å². The average Bonchev–Trinajstić information content (AvgIpc) is 3.34. The molecular formula is C24H32N4O5S. The van der Waals surface area contributed by atoms with Crippen molar-refractivity contribution in [2.24, 2.45) is 0 Å². The minimum atomic E-state index is -3.70. The largest absolute Gasteiger partial charge is 0.462 e. The highest BCUT2D eigenvalue weighted by Gasteiger charge is 2.25. The van der Waals surface area contributed by atoms with Crippen LogP contribution in [-0.2, 0) is 14.8 Å². The molecule has 1 amide bonds. The van der Waals surface area contributed by atoms with Gasteiger partial charge in [-0.1, -0.05) is 13.8 Å². The fourth-order valence-electron chi connectivity index (χ4n) is 4.02. The molecule has 1 aliphatic heterocycles. The van der Waals surface area contributed by atoms with E-state index >= 15 is 0 Å². The highest BCUT2D eigenvalue weighted by molar-refractivity contribution is 7.89. The Morgan fingerprint density at radius 1 is 1.09 bits per heavy atom. The van der Waals surface area contributed by atoms with E-state index in [0.29, 0.717) is 30.0 Å². The molecule has 0 unspecified atom stereocenters. The van der Waals surface area contributed by atoms with Gasteiger partial charge in [-0.05, 0) is 57.0 Å². The third-order valence-electron chi connectivity index (χ3n) is 5.82. The van der Waals surface area contributed by atoms with Gasteiger partial charge in [-0.25, -0.2) is 18.2 Å². The van der Waals surface area contributed by atoms with Crippen molar-refractivity contribution in [1.29, 1.82) is 0 Å². The number of nitrogens with one attached hydrogen (secondary N) is 1. The number of anilines is 2. The topological polar surface area (TPSA) is 109 Å². The first-order valence-electron chi connectivity index (χ1n) is 11.6. The number of hydrogen-bond donors (Lipinski definition) is 1. The van der Waals surface area contributed by atoms with Gasteiger partial charge in [-0.2, -0.15) is 4.31 Å². The van der Waals surface area contributed by atoms with E-state index < -0.39 is 21.9 Å². The zero-order valence-corrected chi connectivity index (χ0v) is 20.9. The van der Waals surface area contributed by atoms with Crippen molar-refractivity contribution in [1.82, 2.24) is 9.29 Å². The molecule has 1 saturated heterocycles. The van der Waals surface area contributed by atoms with Crippen molar-refractivity contribution in [2.45, 2.75) is 45.4 Å². The molecule has 2 aromatic rings. The summed E-state index contributed by atoms with van der Waals surface area (Å²) in [5.74, 6) is -0.985. The molecule has 0 atom stereocenters. The number of sulfonamides is 1. The van der Waals surface area contributed by atoms with E-state index in [-0.39, 0.29) is 17.2 Å². The Labute approximate surface area is 201 Å². The number of rotatable bonds is 9. The van der Waals surface area contributed by atoms with E-state index in [2.05, 4.69) is 15.2 Å². The van der Waals surface area contributed by atoms with E-state index in [9.17, 15) is 18.0 Å². The molecule has 9 nitrogen and oxygen atoms in total. The lowest BCUT2D eigenvalue weighted by Crippen LogP contribution is -2.31. The predicted octanol–water partition coefficient (Wildman–Crippen LogP) is 3.45. The maximum absolute atomic E-state index is 13.1. The summed E-state index contributed by atoms with van der Waals surface area (Å²) >= 11 is 0. The van der Waals surface area contributed by atoms with Crippen LogP contribution >= 0.6 is 0 Å². The Kier molecular flexibility index (Phi) is 8.27. The standard InChI is InChI=1S/C24H32N4O5S/c1-5-28(6-2)34(31,32)18-10-13-22(27-14-8-9-15-27)21(16-18)26-23(29)20-12-11-19(17(4)25-20)24(30)33-7-3/h10-13,16H,5-9,14-15H2,1-4H3,(H,26,29). The van der Waals surface area contributed by atoms with Crippen molar-refractivity contribution in [3.63, 3.8) is 0 Å². The monoisotopic (exact) mass is 488 g/mol. The molecule has 184 valence electrons. The van der Waals surface area contributed by atoms with Gasteiger partial charge < -0.3 is 15.0 Å². The molecule has 0 saturated carbocycles. The SMILES string of the molecule is CCOC(=O)c1ccc(C(=O)Nc2cc(S(=O)(=O)N(CC)CC)ccc2N2CCCC2)nc1C. The predicted molar refractivity (Wildman–Crippen MR) is 131 cm³/mol. The Bertz CT molecular complexity index is 1160. The van der Waals surface area contributed by atoms with Crippen LogP contribution in [-0.4, -0.2) is 62.4 Å². The summed E-state index contributed by atoms with van der Waals surface area (Å²) in [6.07, 6.45) is 2.06. The number of carbonyl (C=O) groups is 2. The fourth-order valence-corrected chi connectivity index (χ4v) is 5.51. The number of ether oxygens (including phenoxy) is 1. The van der Waals surface area contributed by atoms with E-state index in [1.807, 2.05) is 0 Å². The number of aromatic nitrogens is 1. The van der Waals surface area contributed by atoms with Gasteiger partial charge in [0.25, 0.3) is 5.91 Å². The van der Waals surface area contributed by atoms with Crippen molar-refractivity contribution in [2.75, 3.05) is 43.0 Å². The van der Waals surface area contributed by atoms with Gasteiger partial charge >= 0.3 is 5.97 Å². The number of benzene rings is 1. The zero-order chi connectivity index (χ0) is 24.9. The molecule has 0 bridgehead atoms. The van der Waals surface area contributed by atoms with Crippen molar-refractivity contribution in [3.8, 4) is 0 Å². The molecule has 10 heteroatoms. The maximum atomic E-state index is 13.1. The first kappa shape index (κ1) is 25.6. The summed E-state index contributed by atoms with van der Waals surface area (Å²) in [7, 11) is -3.70. The van der Waals surface area contributed by atoms with Crippen LogP contribution in [0.1, 0.15) is 60.2 Å². The molecule has 1 aromatic heterocycles. The van der Waals surface area contributed by atoms with E-state index in [0.717, 1.165) is 31.6 Å². The van der Waals surface area contributed by atoms with E-state index in [1.54, 1.807) is 39.8 Å². The Morgan fingerprint density at radius 3 is 2.35 bits per heavy atom. The van der Waals surface area contributed by atoms with Crippen LogP contribution in [0.5, 0.6) is 0 Å². The molecule has 34 heavy (non-hydrogen) atoms. The first-order chi connectivity index (χ1) is 16.2. The van der Waals surface area contributed by atoms with Crippen molar-refractivity contribution >= 4 is 33.3 Å². The first-order valence-corrected chi connectivity index (χ1v) is 13.0. The lowest BCUT2D eigenvalue weighted by Gasteiger charge is -2.24. The van der Waals surface area contributed by atoms with Gasteiger partial charge in [0.2, 0.25) is 10.0 Å². The summed E-state index contributed by atoms with van der Waals surface area (Å²) in [6, 6.07) is 7.82. The van der Waals surface area contributed by atoms with Crippen LogP contribution in [0.15, 0.2) is 35.2 Å². The third kappa shape index (κ3) is 5.39. The Balaban J connectivity index is 1.96. The number of aryl methyl sites for hydroxylation is 1. The van der Waals surface area contributed by atoms with E-state index in [1.165, 1.54) is 22.5 Å². The average molecular weight is 489 g/mol. The number of hydrogen-bond acceptors (Lipinski definition) is 7. The second-order valence-electron chi connectivity index (χ2n) is 7.97. The number of carbonyl (C=O) groups excluding carboxylic acids is 2. The highest BCUT2D eigenvalue weighted by Crippen LogP contribution is 2.32. The fraction of sp³-hybridized carbons (Fsp3) is 0.458. The van der Waals surface area contributed by atoms with Gasteiger partial charge in [0.05, 0.1) is 34.1 Å². The number of amides is 1. The van der Waals surface area contributed by atoms with Crippen LogP contribution in [0.2, 0.25) is 0 Å².